The van der Waals surface area contributed by atoms with E-state index in [4.69, 9.17) is 5.73 Å². The van der Waals surface area contributed by atoms with E-state index in [2.05, 4.69) is 37.1 Å². The van der Waals surface area contributed by atoms with Crippen molar-refractivity contribution in [1.29, 1.82) is 0 Å². The van der Waals surface area contributed by atoms with Crippen molar-refractivity contribution < 1.29 is 0 Å². The quantitative estimate of drug-likeness (QED) is 0.883. The van der Waals surface area contributed by atoms with Gasteiger partial charge in [0.05, 0.1) is 17.4 Å². The van der Waals surface area contributed by atoms with Gasteiger partial charge in [-0.3, -0.25) is 0 Å². The third kappa shape index (κ3) is 2.64. The number of nitrogens with one attached hydrogen (secondary N) is 1. The van der Waals surface area contributed by atoms with E-state index in [0.717, 1.165) is 17.2 Å². The Morgan fingerprint density at radius 3 is 2.56 bits per heavy atom. The van der Waals surface area contributed by atoms with E-state index in [1.54, 1.807) is 0 Å². The number of aryl methyl sites for hydroxylation is 3. The SMILES string of the molecule is Cc1cc(C(C)Nc2ccc(N)c(C)n2)c(C)s1. The summed E-state index contributed by atoms with van der Waals surface area (Å²) in [6, 6.07) is 6.31. The first-order chi connectivity index (χ1) is 8.47. The number of aromatic nitrogens is 1. The summed E-state index contributed by atoms with van der Waals surface area (Å²) in [4.78, 5) is 7.15. The van der Waals surface area contributed by atoms with Gasteiger partial charge in [-0.05, 0) is 51.5 Å². The summed E-state index contributed by atoms with van der Waals surface area (Å²) in [6.45, 7) is 8.37. The van der Waals surface area contributed by atoms with Gasteiger partial charge < -0.3 is 11.1 Å². The Morgan fingerprint density at radius 2 is 2.00 bits per heavy atom. The molecule has 0 aliphatic heterocycles. The molecule has 2 aromatic rings. The van der Waals surface area contributed by atoms with Crippen LogP contribution in [0.5, 0.6) is 0 Å². The molecule has 0 saturated carbocycles. The van der Waals surface area contributed by atoms with Crippen LogP contribution >= 0.6 is 11.3 Å². The van der Waals surface area contributed by atoms with Gasteiger partial charge in [0.1, 0.15) is 5.82 Å². The molecule has 0 amide bonds. The number of anilines is 2. The zero-order valence-corrected chi connectivity index (χ0v) is 12.1. The molecule has 1 atom stereocenters. The van der Waals surface area contributed by atoms with E-state index in [9.17, 15) is 0 Å². The second kappa shape index (κ2) is 4.98. The van der Waals surface area contributed by atoms with E-state index in [-0.39, 0.29) is 6.04 Å². The molecule has 3 nitrogen and oxygen atoms in total. The number of nitrogen functional groups attached to an aromatic ring is 1. The summed E-state index contributed by atoms with van der Waals surface area (Å²) in [5.41, 5.74) is 8.71. The van der Waals surface area contributed by atoms with Crippen LogP contribution in [0.4, 0.5) is 11.5 Å². The van der Waals surface area contributed by atoms with Crippen molar-refractivity contribution in [1.82, 2.24) is 4.98 Å². The predicted molar refractivity (Wildman–Crippen MR) is 79.2 cm³/mol. The molecule has 0 bridgehead atoms. The third-order valence-corrected chi connectivity index (χ3v) is 4.02. The minimum absolute atomic E-state index is 0.255. The molecule has 0 aliphatic carbocycles. The van der Waals surface area contributed by atoms with Crippen LogP contribution in [-0.4, -0.2) is 4.98 Å². The molecule has 3 N–H and O–H groups in total. The van der Waals surface area contributed by atoms with E-state index in [0.29, 0.717) is 0 Å². The van der Waals surface area contributed by atoms with Gasteiger partial charge in [-0.1, -0.05) is 0 Å². The smallest absolute Gasteiger partial charge is 0.126 e. The molecule has 0 saturated heterocycles. The lowest BCUT2D eigenvalue weighted by atomic mass is 10.1. The fourth-order valence-corrected chi connectivity index (χ4v) is 3.05. The standard InChI is InChI=1S/C14H19N3S/c1-8-7-12(11(4)18-8)9(2)16-14-6-5-13(15)10(3)17-14/h5-7,9H,15H2,1-4H3,(H,16,17). The number of pyridine rings is 1. The fraction of sp³-hybridized carbons (Fsp3) is 0.357. The molecule has 0 radical (unpaired) electrons. The summed E-state index contributed by atoms with van der Waals surface area (Å²) in [5.74, 6) is 0.873. The molecule has 1 unspecified atom stereocenters. The topological polar surface area (TPSA) is 50.9 Å². The first-order valence-corrected chi connectivity index (χ1v) is 6.85. The van der Waals surface area contributed by atoms with Gasteiger partial charge in [0.25, 0.3) is 0 Å². The zero-order chi connectivity index (χ0) is 13.3. The van der Waals surface area contributed by atoms with Gasteiger partial charge in [0.15, 0.2) is 0 Å². The maximum atomic E-state index is 5.77. The lowest BCUT2D eigenvalue weighted by molar-refractivity contribution is 0.870. The number of rotatable bonds is 3. The normalized spacial score (nSPS) is 12.4. The van der Waals surface area contributed by atoms with Crippen molar-refractivity contribution in [3.05, 3.63) is 39.2 Å². The summed E-state index contributed by atoms with van der Waals surface area (Å²) in [6.07, 6.45) is 0. The number of nitrogens with zero attached hydrogens (tertiary/aromatic N) is 1. The maximum Gasteiger partial charge on any atom is 0.126 e. The Morgan fingerprint density at radius 1 is 1.28 bits per heavy atom. The van der Waals surface area contributed by atoms with Gasteiger partial charge in [-0.2, -0.15) is 0 Å². The van der Waals surface area contributed by atoms with Crippen molar-refractivity contribution in [3.63, 3.8) is 0 Å². The summed E-state index contributed by atoms with van der Waals surface area (Å²) in [7, 11) is 0. The van der Waals surface area contributed by atoms with E-state index < -0.39 is 0 Å². The number of hydrogen-bond acceptors (Lipinski definition) is 4. The molecule has 4 heteroatoms. The highest BCUT2D eigenvalue weighted by Gasteiger charge is 2.11. The van der Waals surface area contributed by atoms with Gasteiger partial charge in [-0.15, -0.1) is 11.3 Å². The molecule has 0 fully saturated rings. The minimum atomic E-state index is 0.255. The zero-order valence-electron chi connectivity index (χ0n) is 11.2. The van der Waals surface area contributed by atoms with Crippen LogP contribution in [-0.2, 0) is 0 Å². The fourth-order valence-electron chi connectivity index (χ4n) is 2.03. The van der Waals surface area contributed by atoms with E-state index in [1.807, 2.05) is 30.4 Å². The van der Waals surface area contributed by atoms with Crippen molar-refractivity contribution >= 4 is 22.8 Å². The summed E-state index contributed by atoms with van der Waals surface area (Å²) >= 11 is 1.83. The average molecular weight is 261 g/mol. The van der Waals surface area contributed by atoms with Gasteiger partial charge in [0, 0.05) is 9.75 Å². The highest BCUT2D eigenvalue weighted by molar-refractivity contribution is 7.12. The number of hydrogen-bond donors (Lipinski definition) is 2. The monoisotopic (exact) mass is 261 g/mol. The van der Waals surface area contributed by atoms with Crippen molar-refractivity contribution in [3.8, 4) is 0 Å². The molecule has 18 heavy (non-hydrogen) atoms. The van der Waals surface area contributed by atoms with Crippen molar-refractivity contribution in [2.45, 2.75) is 33.7 Å². The Hall–Kier alpha value is -1.55. The molecule has 0 spiro atoms. The highest BCUT2D eigenvalue weighted by atomic mass is 32.1. The molecular formula is C14H19N3S. The van der Waals surface area contributed by atoms with Gasteiger partial charge >= 0.3 is 0 Å². The van der Waals surface area contributed by atoms with Crippen LogP contribution in [0.2, 0.25) is 0 Å². The first-order valence-electron chi connectivity index (χ1n) is 6.04. The molecule has 2 heterocycles. The van der Waals surface area contributed by atoms with Crippen LogP contribution in [0.3, 0.4) is 0 Å². The molecule has 2 aromatic heterocycles. The summed E-state index contributed by atoms with van der Waals surface area (Å²) in [5, 5.41) is 3.42. The largest absolute Gasteiger partial charge is 0.397 e. The number of nitrogens with two attached hydrogens (primary N) is 1. The highest BCUT2D eigenvalue weighted by Crippen LogP contribution is 2.28. The van der Waals surface area contributed by atoms with Crippen LogP contribution in [0, 0.1) is 20.8 Å². The third-order valence-electron chi connectivity index (χ3n) is 3.04. The predicted octanol–water partition coefficient (Wildman–Crippen LogP) is 3.82. The van der Waals surface area contributed by atoms with Gasteiger partial charge in [-0.25, -0.2) is 4.98 Å². The lowest BCUT2D eigenvalue weighted by Gasteiger charge is -2.15. The molecule has 96 valence electrons. The molecule has 0 aliphatic rings. The Labute approximate surface area is 112 Å². The lowest BCUT2D eigenvalue weighted by Crippen LogP contribution is -2.09. The van der Waals surface area contributed by atoms with Crippen LogP contribution in [0.1, 0.15) is 34.0 Å². The maximum absolute atomic E-state index is 5.77. The molecule has 2 rings (SSSR count). The molecule has 0 aromatic carbocycles. The average Bonchev–Trinajstić information content (AvgIpc) is 2.63. The van der Waals surface area contributed by atoms with Gasteiger partial charge in [0.2, 0.25) is 0 Å². The second-order valence-electron chi connectivity index (χ2n) is 4.61. The van der Waals surface area contributed by atoms with Crippen LogP contribution < -0.4 is 11.1 Å². The molecular weight excluding hydrogens is 242 g/mol. The van der Waals surface area contributed by atoms with Crippen molar-refractivity contribution in [2.75, 3.05) is 11.1 Å². The van der Waals surface area contributed by atoms with E-state index >= 15 is 0 Å². The summed E-state index contributed by atoms with van der Waals surface area (Å²) < 4.78 is 0. The Kier molecular flexibility index (Phi) is 3.57. The van der Waals surface area contributed by atoms with Crippen molar-refractivity contribution in [2.24, 2.45) is 0 Å². The Balaban J connectivity index is 2.18. The van der Waals surface area contributed by atoms with Crippen LogP contribution in [0.15, 0.2) is 18.2 Å². The Bertz CT molecular complexity index is 560. The number of thiophene rings is 1. The van der Waals surface area contributed by atoms with E-state index in [1.165, 1.54) is 15.3 Å². The first kappa shape index (κ1) is 12.9. The van der Waals surface area contributed by atoms with Crippen LogP contribution in [0.25, 0.3) is 0 Å². The minimum Gasteiger partial charge on any atom is -0.397 e. The second-order valence-corrected chi connectivity index (χ2v) is 6.07.